The van der Waals surface area contributed by atoms with Gasteiger partial charge in [0.15, 0.2) is 11.2 Å². The highest BCUT2D eigenvalue weighted by Gasteiger charge is 2.26. The average Bonchev–Trinajstić information content (AvgIpc) is 2.94. The second kappa shape index (κ2) is 6.50. The highest BCUT2D eigenvalue weighted by molar-refractivity contribution is 5.87. The molecule has 0 fully saturated rings. The molecular formula is C17H26N6O2. The maximum Gasteiger partial charge on any atom is 0.332 e. The van der Waals surface area contributed by atoms with Crippen molar-refractivity contribution in [1.82, 2.24) is 18.7 Å². The number of fused-ring (bicyclic) bond motifs is 3. The van der Waals surface area contributed by atoms with Crippen LogP contribution in [-0.2, 0) is 20.1 Å². The van der Waals surface area contributed by atoms with E-state index in [1.54, 1.807) is 7.05 Å². The van der Waals surface area contributed by atoms with Crippen molar-refractivity contribution in [2.75, 3.05) is 11.6 Å². The van der Waals surface area contributed by atoms with E-state index in [2.05, 4.69) is 17.0 Å². The summed E-state index contributed by atoms with van der Waals surface area (Å²) < 4.78 is 4.68. The van der Waals surface area contributed by atoms with Crippen LogP contribution in [0.2, 0.25) is 0 Å². The number of hydrogen-bond acceptors (Lipinski definition) is 5. The van der Waals surface area contributed by atoms with Crippen molar-refractivity contribution in [3.8, 4) is 0 Å². The van der Waals surface area contributed by atoms with E-state index in [0.717, 1.165) is 25.1 Å². The number of hydrogen-bond donors (Lipinski definition) is 0. The van der Waals surface area contributed by atoms with E-state index >= 15 is 0 Å². The van der Waals surface area contributed by atoms with Crippen LogP contribution in [0.15, 0.2) is 14.7 Å². The van der Waals surface area contributed by atoms with Gasteiger partial charge in [0.2, 0.25) is 5.95 Å². The Bertz CT molecular complexity index is 947. The van der Waals surface area contributed by atoms with E-state index in [0.29, 0.717) is 30.2 Å². The standard InChI is InChI=1S/C17H26N6O2/c1-6-7-8-23-16-18-14-13(21(16)10-12(4)19-23)15(24)22(9-11(2)3)17(25)20(14)5/h11H,6-10H2,1-5H3. The minimum Gasteiger partial charge on any atom is -0.297 e. The molecule has 0 saturated carbocycles. The summed E-state index contributed by atoms with van der Waals surface area (Å²) in [6, 6.07) is 0. The molecule has 2 aromatic rings. The molecule has 0 spiro atoms. The lowest BCUT2D eigenvalue weighted by Gasteiger charge is -2.24. The number of rotatable bonds is 5. The largest absolute Gasteiger partial charge is 0.332 e. The first-order valence-corrected chi connectivity index (χ1v) is 8.86. The van der Waals surface area contributed by atoms with Gasteiger partial charge in [0.25, 0.3) is 5.56 Å². The van der Waals surface area contributed by atoms with Gasteiger partial charge in [-0.15, -0.1) is 0 Å². The van der Waals surface area contributed by atoms with Gasteiger partial charge in [-0.2, -0.15) is 10.1 Å². The first kappa shape index (κ1) is 17.4. The fraction of sp³-hybridized carbons (Fsp3) is 0.647. The SMILES string of the molecule is CCCCN1N=C(C)Cn2c1nc1c2c(=O)n(CC(C)C)c(=O)n1C. The molecule has 0 unspecified atom stereocenters. The van der Waals surface area contributed by atoms with Crippen LogP contribution in [0.1, 0.15) is 40.5 Å². The molecule has 2 aromatic heterocycles. The number of unbranched alkanes of at least 4 members (excludes halogenated alkanes) is 1. The molecule has 136 valence electrons. The zero-order valence-electron chi connectivity index (χ0n) is 15.6. The zero-order chi connectivity index (χ0) is 18.3. The molecule has 0 atom stereocenters. The van der Waals surface area contributed by atoms with Crippen LogP contribution in [0.25, 0.3) is 11.2 Å². The molecule has 8 nitrogen and oxygen atoms in total. The first-order chi connectivity index (χ1) is 11.8. The summed E-state index contributed by atoms with van der Waals surface area (Å²) >= 11 is 0. The molecule has 3 rings (SSSR count). The fourth-order valence-electron chi connectivity index (χ4n) is 3.20. The van der Waals surface area contributed by atoms with Gasteiger partial charge >= 0.3 is 5.69 Å². The Balaban J connectivity index is 2.27. The average molecular weight is 346 g/mol. The molecule has 8 heteroatoms. The number of hydrazone groups is 1. The molecule has 0 saturated heterocycles. The number of aromatic nitrogens is 4. The van der Waals surface area contributed by atoms with Gasteiger partial charge in [-0.1, -0.05) is 27.2 Å². The van der Waals surface area contributed by atoms with Crippen LogP contribution in [0, 0.1) is 5.92 Å². The molecule has 0 radical (unpaired) electrons. The molecule has 0 aromatic carbocycles. The maximum absolute atomic E-state index is 13.0. The van der Waals surface area contributed by atoms with Crippen molar-refractivity contribution in [2.24, 2.45) is 18.1 Å². The minimum absolute atomic E-state index is 0.205. The Kier molecular flexibility index (Phi) is 4.53. The van der Waals surface area contributed by atoms with Gasteiger partial charge in [0, 0.05) is 20.1 Å². The molecule has 1 aliphatic rings. The molecule has 0 aliphatic carbocycles. The van der Waals surface area contributed by atoms with Crippen LogP contribution in [-0.4, -0.2) is 30.9 Å². The van der Waals surface area contributed by atoms with Crippen molar-refractivity contribution in [2.45, 2.75) is 53.6 Å². The summed E-state index contributed by atoms with van der Waals surface area (Å²) in [5.41, 5.74) is 1.24. The predicted octanol–water partition coefficient (Wildman–Crippen LogP) is 1.55. The number of aryl methyl sites for hydroxylation is 1. The molecule has 0 N–H and O–H groups in total. The monoisotopic (exact) mass is 346 g/mol. The summed E-state index contributed by atoms with van der Waals surface area (Å²) in [6.45, 7) is 9.71. The van der Waals surface area contributed by atoms with E-state index < -0.39 is 0 Å². The van der Waals surface area contributed by atoms with E-state index in [-0.39, 0.29) is 17.2 Å². The quantitative estimate of drug-likeness (QED) is 0.823. The summed E-state index contributed by atoms with van der Waals surface area (Å²) in [7, 11) is 1.67. The zero-order valence-corrected chi connectivity index (χ0v) is 15.6. The van der Waals surface area contributed by atoms with Crippen LogP contribution in [0.5, 0.6) is 0 Å². The van der Waals surface area contributed by atoms with E-state index in [4.69, 9.17) is 0 Å². The second-order valence-corrected chi connectivity index (χ2v) is 7.13. The normalized spacial score (nSPS) is 14.3. The summed E-state index contributed by atoms with van der Waals surface area (Å²) in [5, 5.41) is 6.43. The highest BCUT2D eigenvalue weighted by atomic mass is 16.2. The van der Waals surface area contributed by atoms with Gasteiger partial charge < -0.3 is 0 Å². The Hall–Kier alpha value is -2.38. The highest BCUT2D eigenvalue weighted by Crippen LogP contribution is 2.23. The Morgan fingerprint density at radius 3 is 2.60 bits per heavy atom. The third-order valence-electron chi connectivity index (χ3n) is 4.39. The smallest absolute Gasteiger partial charge is 0.297 e. The first-order valence-electron chi connectivity index (χ1n) is 8.86. The van der Waals surface area contributed by atoms with E-state index in [1.165, 1.54) is 9.13 Å². The van der Waals surface area contributed by atoms with Crippen molar-refractivity contribution in [1.29, 1.82) is 0 Å². The molecule has 0 bridgehead atoms. The fourth-order valence-corrected chi connectivity index (χ4v) is 3.20. The lowest BCUT2D eigenvalue weighted by atomic mass is 10.2. The van der Waals surface area contributed by atoms with Gasteiger partial charge in [-0.3, -0.25) is 18.5 Å². The topological polar surface area (TPSA) is 77.4 Å². The third kappa shape index (κ3) is 2.89. The maximum atomic E-state index is 13.0. The lowest BCUT2D eigenvalue weighted by molar-refractivity contribution is 0.484. The Morgan fingerprint density at radius 2 is 1.96 bits per heavy atom. The predicted molar refractivity (Wildman–Crippen MR) is 99.4 cm³/mol. The second-order valence-electron chi connectivity index (χ2n) is 7.13. The summed E-state index contributed by atoms with van der Waals surface area (Å²) in [5.74, 6) is 0.847. The summed E-state index contributed by atoms with van der Waals surface area (Å²) in [6.07, 6.45) is 2.03. The lowest BCUT2D eigenvalue weighted by Crippen LogP contribution is -2.41. The number of imidazole rings is 1. The molecular weight excluding hydrogens is 320 g/mol. The van der Waals surface area contributed by atoms with Crippen molar-refractivity contribution in [3.05, 3.63) is 20.8 Å². The number of anilines is 1. The van der Waals surface area contributed by atoms with Crippen LogP contribution >= 0.6 is 0 Å². The van der Waals surface area contributed by atoms with Gasteiger partial charge in [0.1, 0.15) is 0 Å². The molecule has 1 aliphatic heterocycles. The Labute approximate surface area is 146 Å². The Morgan fingerprint density at radius 1 is 1.24 bits per heavy atom. The number of nitrogens with zero attached hydrogens (tertiary/aromatic N) is 6. The van der Waals surface area contributed by atoms with Crippen molar-refractivity contribution in [3.63, 3.8) is 0 Å². The molecule has 0 amide bonds. The van der Waals surface area contributed by atoms with Crippen LogP contribution < -0.4 is 16.3 Å². The van der Waals surface area contributed by atoms with Crippen LogP contribution in [0.4, 0.5) is 5.95 Å². The van der Waals surface area contributed by atoms with Crippen LogP contribution in [0.3, 0.4) is 0 Å². The molecule has 3 heterocycles. The van der Waals surface area contributed by atoms with Gasteiger partial charge in [0.05, 0.1) is 12.3 Å². The summed E-state index contributed by atoms with van der Waals surface area (Å²) in [4.78, 5) is 30.2. The van der Waals surface area contributed by atoms with Crippen molar-refractivity contribution < 1.29 is 0 Å². The van der Waals surface area contributed by atoms with Crippen molar-refractivity contribution >= 4 is 22.8 Å². The molecule has 25 heavy (non-hydrogen) atoms. The van der Waals surface area contributed by atoms with Gasteiger partial charge in [-0.25, -0.2) is 9.80 Å². The van der Waals surface area contributed by atoms with E-state index in [9.17, 15) is 9.59 Å². The van der Waals surface area contributed by atoms with E-state index in [1.807, 2.05) is 30.3 Å². The minimum atomic E-state index is -0.320. The van der Waals surface area contributed by atoms with Gasteiger partial charge in [-0.05, 0) is 19.3 Å². The third-order valence-corrected chi connectivity index (χ3v) is 4.39.